The average molecular weight is 445 g/mol. The summed E-state index contributed by atoms with van der Waals surface area (Å²) in [5, 5.41) is 15.4. The molecule has 3 amide bonds. The second kappa shape index (κ2) is 10.0. The standard InChI is InChI=1S/C23H32N4O5/c1-23(2,3)32-22(31)26-10-8-16(9-11-26)15-24-17-4-6-18(7-5-17)25-19-14-20(29)27(12-13-28)21(19)30/h4-7,14,16,24-25,28H,8-13,15H2,1-3H3. The van der Waals surface area contributed by atoms with Gasteiger partial charge in [-0.25, -0.2) is 4.79 Å². The molecule has 0 aliphatic carbocycles. The SMILES string of the molecule is CC(C)(C)OC(=O)N1CCC(CNc2ccc(NC3=CC(=O)N(CCO)C3=O)cc2)CC1. The number of aliphatic hydroxyl groups excluding tert-OH is 1. The van der Waals surface area contributed by atoms with Crippen LogP contribution in [0, 0.1) is 5.92 Å². The molecule has 9 heteroatoms. The lowest BCUT2D eigenvalue weighted by Gasteiger charge is -2.33. The molecule has 0 atom stereocenters. The second-order valence-corrected chi connectivity index (χ2v) is 9.07. The van der Waals surface area contributed by atoms with Crippen molar-refractivity contribution in [1.29, 1.82) is 0 Å². The minimum atomic E-state index is -0.480. The minimum absolute atomic E-state index is 0.0150. The van der Waals surface area contributed by atoms with Crippen LogP contribution >= 0.6 is 0 Å². The largest absolute Gasteiger partial charge is 0.444 e. The highest BCUT2D eigenvalue weighted by atomic mass is 16.6. The van der Waals surface area contributed by atoms with Gasteiger partial charge in [-0.3, -0.25) is 14.5 Å². The van der Waals surface area contributed by atoms with E-state index in [4.69, 9.17) is 9.84 Å². The molecule has 1 aromatic carbocycles. The Morgan fingerprint density at radius 2 is 1.75 bits per heavy atom. The highest BCUT2D eigenvalue weighted by Gasteiger charge is 2.30. The lowest BCUT2D eigenvalue weighted by molar-refractivity contribution is -0.137. The highest BCUT2D eigenvalue weighted by molar-refractivity contribution is 6.17. The summed E-state index contributed by atoms with van der Waals surface area (Å²) in [6, 6.07) is 7.48. The van der Waals surface area contributed by atoms with E-state index in [1.165, 1.54) is 6.08 Å². The maximum absolute atomic E-state index is 12.2. The first-order chi connectivity index (χ1) is 15.2. The lowest BCUT2D eigenvalue weighted by Crippen LogP contribution is -2.42. The van der Waals surface area contributed by atoms with Crippen LogP contribution in [0.4, 0.5) is 16.2 Å². The number of hydrogen-bond acceptors (Lipinski definition) is 7. The molecule has 0 radical (unpaired) electrons. The van der Waals surface area contributed by atoms with E-state index in [0.717, 1.165) is 30.0 Å². The van der Waals surface area contributed by atoms with Gasteiger partial charge in [0.25, 0.3) is 11.8 Å². The quantitative estimate of drug-likeness (QED) is 0.554. The topological polar surface area (TPSA) is 111 Å². The summed E-state index contributed by atoms with van der Waals surface area (Å²) in [7, 11) is 0. The predicted molar refractivity (Wildman–Crippen MR) is 121 cm³/mol. The Morgan fingerprint density at radius 3 is 2.34 bits per heavy atom. The number of piperidine rings is 1. The fourth-order valence-corrected chi connectivity index (χ4v) is 3.65. The summed E-state index contributed by atoms with van der Waals surface area (Å²) in [6.07, 6.45) is 2.83. The Balaban J connectivity index is 1.43. The zero-order valence-corrected chi connectivity index (χ0v) is 18.9. The van der Waals surface area contributed by atoms with Gasteiger partial charge in [-0.2, -0.15) is 0 Å². The number of aliphatic hydroxyl groups is 1. The molecule has 0 aromatic heterocycles. The minimum Gasteiger partial charge on any atom is -0.444 e. The van der Waals surface area contributed by atoms with Crippen LogP contribution in [0.2, 0.25) is 0 Å². The molecule has 3 N–H and O–H groups in total. The number of likely N-dealkylation sites (tertiary alicyclic amines) is 1. The van der Waals surface area contributed by atoms with Crippen LogP contribution in [0.1, 0.15) is 33.6 Å². The van der Waals surface area contributed by atoms with Crippen molar-refractivity contribution in [1.82, 2.24) is 9.80 Å². The number of rotatable bonds is 7. The molecule has 2 heterocycles. The van der Waals surface area contributed by atoms with E-state index < -0.39 is 17.4 Å². The van der Waals surface area contributed by atoms with Crippen LogP contribution in [0.3, 0.4) is 0 Å². The molecule has 174 valence electrons. The number of nitrogens with zero attached hydrogens (tertiary/aromatic N) is 2. The van der Waals surface area contributed by atoms with Crippen molar-refractivity contribution in [3.8, 4) is 0 Å². The predicted octanol–water partition coefficient (Wildman–Crippen LogP) is 2.40. The van der Waals surface area contributed by atoms with E-state index in [0.29, 0.717) is 24.7 Å². The van der Waals surface area contributed by atoms with Gasteiger partial charge in [-0.15, -0.1) is 0 Å². The summed E-state index contributed by atoms with van der Waals surface area (Å²) in [5.74, 6) is -0.400. The van der Waals surface area contributed by atoms with E-state index in [1.54, 1.807) is 4.90 Å². The van der Waals surface area contributed by atoms with E-state index in [-0.39, 0.29) is 24.9 Å². The van der Waals surface area contributed by atoms with Gasteiger partial charge in [0.2, 0.25) is 0 Å². The summed E-state index contributed by atoms with van der Waals surface area (Å²) in [4.78, 5) is 39.0. The van der Waals surface area contributed by atoms with Crippen LogP contribution in [0.15, 0.2) is 36.0 Å². The Hall–Kier alpha value is -3.07. The van der Waals surface area contributed by atoms with Gasteiger partial charge in [0, 0.05) is 37.1 Å². The van der Waals surface area contributed by atoms with Crippen molar-refractivity contribution in [3.05, 3.63) is 36.0 Å². The zero-order chi connectivity index (χ0) is 23.3. The molecule has 3 rings (SSSR count). The molecule has 1 saturated heterocycles. The molecule has 2 aliphatic rings. The molecule has 2 aliphatic heterocycles. The average Bonchev–Trinajstić information content (AvgIpc) is 3.00. The highest BCUT2D eigenvalue weighted by Crippen LogP contribution is 2.22. The van der Waals surface area contributed by atoms with Crippen molar-refractivity contribution in [2.75, 3.05) is 43.4 Å². The molecule has 1 aromatic rings. The van der Waals surface area contributed by atoms with Crippen LogP contribution in [0.25, 0.3) is 0 Å². The van der Waals surface area contributed by atoms with E-state index in [9.17, 15) is 14.4 Å². The molecule has 0 unspecified atom stereocenters. The Labute approximate surface area is 188 Å². The fraction of sp³-hybridized carbons (Fsp3) is 0.522. The molecular formula is C23H32N4O5. The molecule has 0 spiro atoms. The number of β-amino-alcohol motifs (C(OH)–C–C–N with tert-alkyl or cyclic N) is 1. The summed E-state index contributed by atoms with van der Waals surface area (Å²) >= 11 is 0. The first-order valence-corrected chi connectivity index (χ1v) is 10.9. The van der Waals surface area contributed by atoms with Crippen LogP contribution in [-0.4, -0.2) is 71.2 Å². The molecule has 0 saturated carbocycles. The number of carbonyl (C=O) groups is 3. The van der Waals surface area contributed by atoms with Gasteiger partial charge in [0.1, 0.15) is 11.3 Å². The van der Waals surface area contributed by atoms with E-state index in [2.05, 4.69) is 10.6 Å². The van der Waals surface area contributed by atoms with Crippen molar-refractivity contribution >= 4 is 29.3 Å². The first kappa shape index (κ1) is 23.6. The Bertz CT molecular complexity index is 867. The second-order valence-electron chi connectivity index (χ2n) is 9.07. The fourth-order valence-electron chi connectivity index (χ4n) is 3.65. The number of anilines is 2. The number of benzene rings is 1. The van der Waals surface area contributed by atoms with Gasteiger partial charge in [-0.05, 0) is 63.8 Å². The monoisotopic (exact) mass is 444 g/mol. The third kappa shape index (κ3) is 6.23. The number of carbonyl (C=O) groups excluding carboxylic acids is 3. The van der Waals surface area contributed by atoms with Gasteiger partial charge < -0.3 is 25.4 Å². The van der Waals surface area contributed by atoms with Crippen LogP contribution in [-0.2, 0) is 14.3 Å². The van der Waals surface area contributed by atoms with Crippen LogP contribution in [0.5, 0.6) is 0 Å². The smallest absolute Gasteiger partial charge is 0.410 e. The summed E-state index contributed by atoms with van der Waals surface area (Å²) < 4.78 is 5.44. The molecule has 9 nitrogen and oxygen atoms in total. The van der Waals surface area contributed by atoms with E-state index >= 15 is 0 Å². The lowest BCUT2D eigenvalue weighted by atomic mass is 9.97. The number of amides is 3. The zero-order valence-electron chi connectivity index (χ0n) is 18.9. The molecule has 1 fully saturated rings. The first-order valence-electron chi connectivity index (χ1n) is 10.9. The number of ether oxygens (including phenoxy) is 1. The van der Waals surface area contributed by atoms with Gasteiger partial charge in [0.05, 0.1) is 13.2 Å². The molecule has 0 bridgehead atoms. The van der Waals surface area contributed by atoms with Gasteiger partial charge >= 0.3 is 6.09 Å². The molecule has 32 heavy (non-hydrogen) atoms. The maximum Gasteiger partial charge on any atom is 0.410 e. The van der Waals surface area contributed by atoms with Gasteiger partial charge in [0.15, 0.2) is 0 Å². The summed E-state index contributed by atoms with van der Waals surface area (Å²) in [6.45, 7) is 7.53. The van der Waals surface area contributed by atoms with Crippen molar-refractivity contribution in [2.24, 2.45) is 5.92 Å². The Morgan fingerprint density at radius 1 is 1.12 bits per heavy atom. The third-order valence-electron chi connectivity index (χ3n) is 5.36. The number of imide groups is 1. The maximum atomic E-state index is 12.2. The van der Waals surface area contributed by atoms with Crippen molar-refractivity contribution in [3.63, 3.8) is 0 Å². The van der Waals surface area contributed by atoms with E-state index in [1.807, 2.05) is 45.0 Å². The number of hydrogen-bond donors (Lipinski definition) is 3. The molecular weight excluding hydrogens is 412 g/mol. The Kier molecular flexibility index (Phi) is 7.40. The van der Waals surface area contributed by atoms with Gasteiger partial charge in [-0.1, -0.05) is 0 Å². The van der Waals surface area contributed by atoms with Crippen LogP contribution < -0.4 is 10.6 Å². The van der Waals surface area contributed by atoms with Crippen molar-refractivity contribution < 1.29 is 24.2 Å². The normalized spacial score (nSPS) is 17.4. The summed E-state index contributed by atoms with van der Waals surface area (Å²) in [5.41, 5.74) is 1.36. The third-order valence-corrected chi connectivity index (χ3v) is 5.36. The number of nitrogens with one attached hydrogen (secondary N) is 2. The van der Waals surface area contributed by atoms with Crippen molar-refractivity contribution in [2.45, 2.75) is 39.2 Å².